The van der Waals surface area contributed by atoms with E-state index in [1.165, 1.54) is 0 Å². The van der Waals surface area contributed by atoms with Crippen LogP contribution in [0, 0.1) is 0 Å². The summed E-state index contributed by atoms with van der Waals surface area (Å²) in [7, 11) is -0.198. The van der Waals surface area contributed by atoms with E-state index >= 15 is 0 Å². The fourth-order valence-corrected chi connectivity index (χ4v) is 1.18. The third-order valence-electron chi connectivity index (χ3n) is 1.87. The molecule has 0 spiro atoms. The van der Waals surface area contributed by atoms with Gasteiger partial charge in [-0.25, -0.2) is 0 Å². The molecule has 0 aliphatic carbocycles. The topological polar surface area (TPSA) is 18.5 Å². The van der Waals surface area contributed by atoms with Crippen LogP contribution in [0.25, 0.3) is 0 Å². The van der Waals surface area contributed by atoms with Crippen LogP contribution in [0.1, 0.15) is 13.8 Å². The highest BCUT2D eigenvalue weighted by molar-refractivity contribution is 6.55. The van der Waals surface area contributed by atoms with Crippen molar-refractivity contribution in [2.45, 2.75) is 20.0 Å². The predicted octanol–water partition coefficient (Wildman–Crippen LogP) is 2.14. The molecule has 13 heavy (non-hydrogen) atoms. The molecule has 2 nitrogen and oxygen atoms in total. The van der Waals surface area contributed by atoms with E-state index in [-0.39, 0.29) is 13.2 Å². The van der Waals surface area contributed by atoms with E-state index in [0.29, 0.717) is 6.61 Å². The summed E-state index contributed by atoms with van der Waals surface area (Å²) in [5, 5.41) is 0. The van der Waals surface area contributed by atoms with Crippen molar-refractivity contribution in [1.29, 1.82) is 0 Å². The van der Waals surface area contributed by atoms with Crippen LogP contribution in [0.5, 0.6) is 0 Å². The van der Waals surface area contributed by atoms with Crippen LogP contribution in [0.15, 0.2) is 36.4 Å². The van der Waals surface area contributed by atoms with Crippen LogP contribution in [0.2, 0.25) is 0 Å². The molecule has 0 aromatic carbocycles. The van der Waals surface area contributed by atoms with Crippen LogP contribution in [0.4, 0.5) is 0 Å². The van der Waals surface area contributed by atoms with Gasteiger partial charge in [-0.1, -0.05) is 30.9 Å². The van der Waals surface area contributed by atoms with Gasteiger partial charge >= 0.3 is 7.12 Å². The van der Waals surface area contributed by atoms with Gasteiger partial charge in [0.25, 0.3) is 0 Å². The van der Waals surface area contributed by atoms with Crippen molar-refractivity contribution in [1.82, 2.24) is 0 Å². The largest absolute Gasteiger partial charge is 0.493 e. The van der Waals surface area contributed by atoms with E-state index in [0.717, 1.165) is 5.47 Å². The van der Waals surface area contributed by atoms with Gasteiger partial charge in [-0.2, -0.15) is 0 Å². The first-order valence-corrected chi connectivity index (χ1v) is 4.50. The van der Waals surface area contributed by atoms with Crippen molar-refractivity contribution >= 4 is 7.12 Å². The van der Waals surface area contributed by atoms with Gasteiger partial charge in [0, 0.05) is 0 Å². The Labute approximate surface area is 80.1 Å². The molecule has 70 valence electrons. The van der Waals surface area contributed by atoms with Gasteiger partial charge in [-0.3, -0.25) is 0 Å². The zero-order valence-electron chi connectivity index (χ0n) is 8.19. The molecule has 1 atom stereocenters. The average molecular weight is 178 g/mol. The van der Waals surface area contributed by atoms with Crippen LogP contribution < -0.4 is 0 Å². The third kappa shape index (κ3) is 2.86. The van der Waals surface area contributed by atoms with Crippen molar-refractivity contribution in [3.63, 3.8) is 0 Å². The molecule has 3 heteroatoms. The van der Waals surface area contributed by atoms with Gasteiger partial charge in [0.2, 0.25) is 0 Å². The van der Waals surface area contributed by atoms with Gasteiger partial charge in [0.05, 0.1) is 12.7 Å². The lowest BCUT2D eigenvalue weighted by molar-refractivity contribution is 0.257. The highest BCUT2D eigenvalue weighted by Crippen LogP contribution is 2.15. The lowest BCUT2D eigenvalue weighted by Gasteiger charge is -2.04. The van der Waals surface area contributed by atoms with E-state index in [4.69, 9.17) is 9.31 Å². The average Bonchev–Trinajstić information content (AvgIpc) is 2.54. The van der Waals surface area contributed by atoms with Gasteiger partial charge in [-0.05, 0) is 19.3 Å². The maximum atomic E-state index is 5.54. The van der Waals surface area contributed by atoms with Gasteiger partial charge in [0.15, 0.2) is 0 Å². The lowest BCUT2D eigenvalue weighted by atomic mass is 9.78. The van der Waals surface area contributed by atoms with E-state index in [2.05, 4.69) is 6.58 Å². The number of hydrogen-bond acceptors (Lipinski definition) is 2. The zero-order chi connectivity index (χ0) is 9.68. The number of hydrogen-bond donors (Lipinski definition) is 0. The molecule has 1 aliphatic heterocycles. The van der Waals surface area contributed by atoms with Crippen molar-refractivity contribution in [3.8, 4) is 0 Å². The van der Waals surface area contributed by atoms with Gasteiger partial charge in [-0.15, -0.1) is 0 Å². The van der Waals surface area contributed by atoms with Crippen molar-refractivity contribution in [2.75, 3.05) is 6.61 Å². The SMILES string of the molecule is C=C/C=C\C(=C/C)B1OCC(C)O1. The highest BCUT2D eigenvalue weighted by atomic mass is 16.6. The van der Waals surface area contributed by atoms with E-state index in [1.54, 1.807) is 6.08 Å². The molecule has 1 rings (SSSR count). The molecule has 0 saturated carbocycles. The number of allylic oxidation sites excluding steroid dienone is 5. The summed E-state index contributed by atoms with van der Waals surface area (Å²) in [5.41, 5.74) is 1.05. The maximum Gasteiger partial charge on any atom is 0.493 e. The molecule has 0 bridgehead atoms. The van der Waals surface area contributed by atoms with Crippen molar-refractivity contribution < 1.29 is 9.31 Å². The Balaban J connectivity index is 2.58. The maximum absolute atomic E-state index is 5.54. The summed E-state index contributed by atoms with van der Waals surface area (Å²) >= 11 is 0. The molecule has 0 amide bonds. The second kappa shape index (κ2) is 5.05. The first kappa shape index (κ1) is 10.3. The monoisotopic (exact) mass is 178 g/mol. The minimum absolute atomic E-state index is 0.192. The molecule has 0 aromatic heterocycles. The van der Waals surface area contributed by atoms with Gasteiger partial charge in [0.1, 0.15) is 0 Å². The summed E-state index contributed by atoms with van der Waals surface area (Å²) in [6, 6.07) is 0. The molecule has 0 N–H and O–H groups in total. The Morgan fingerprint density at radius 2 is 2.38 bits per heavy atom. The summed E-state index contributed by atoms with van der Waals surface area (Å²) in [6.07, 6.45) is 7.75. The first-order chi connectivity index (χ1) is 6.27. The highest BCUT2D eigenvalue weighted by Gasteiger charge is 2.30. The second-order valence-electron chi connectivity index (χ2n) is 3.00. The summed E-state index contributed by atoms with van der Waals surface area (Å²) < 4.78 is 11.0. The van der Waals surface area contributed by atoms with Gasteiger partial charge < -0.3 is 9.31 Å². The smallest absolute Gasteiger partial charge is 0.405 e. The molecule has 0 aromatic rings. The van der Waals surface area contributed by atoms with Crippen molar-refractivity contribution in [2.24, 2.45) is 0 Å². The molecule has 1 aliphatic rings. The Bertz CT molecular complexity index is 233. The minimum Gasteiger partial charge on any atom is -0.405 e. The Kier molecular flexibility index (Phi) is 3.99. The molecule has 1 saturated heterocycles. The predicted molar refractivity (Wildman–Crippen MR) is 55.3 cm³/mol. The normalized spacial score (nSPS) is 24.3. The molecular formula is C10H15BO2. The summed E-state index contributed by atoms with van der Waals surface area (Å²) in [5.74, 6) is 0. The Hall–Kier alpha value is -0.795. The third-order valence-corrected chi connectivity index (χ3v) is 1.87. The quantitative estimate of drug-likeness (QED) is 0.486. The lowest BCUT2D eigenvalue weighted by Crippen LogP contribution is -2.17. The van der Waals surface area contributed by atoms with Crippen LogP contribution in [0.3, 0.4) is 0 Å². The molecule has 1 fully saturated rings. The van der Waals surface area contributed by atoms with Crippen LogP contribution in [-0.4, -0.2) is 19.8 Å². The summed E-state index contributed by atoms with van der Waals surface area (Å²) in [4.78, 5) is 0. The van der Waals surface area contributed by atoms with E-state index in [9.17, 15) is 0 Å². The molecular weight excluding hydrogens is 163 g/mol. The first-order valence-electron chi connectivity index (χ1n) is 4.50. The van der Waals surface area contributed by atoms with E-state index in [1.807, 2.05) is 32.1 Å². The van der Waals surface area contributed by atoms with Crippen LogP contribution in [-0.2, 0) is 9.31 Å². The fraction of sp³-hybridized carbons (Fsp3) is 0.400. The molecule has 1 heterocycles. The number of rotatable bonds is 3. The fourth-order valence-electron chi connectivity index (χ4n) is 1.18. The standard InChI is InChI=1S/C10H15BO2/c1-4-6-7-10(5-2)11-12-8-9(3)13-11/h4-7,9H,1,8H2,2-3H3/b7-6-,10-5+. The molecule has 1 unspecified atom stereocenters. The summed E-state index contributed by atoms with van der Waals surface area (Å²) in [6.45, 7) is 8.26. The van der Waals surface area contributed by atoms with Crippen molar-refractivity contribution in [3.05, 3.63) is 36.4 Å². The van der Waals surface area contributed by atoms with E-state index < -0.39 is 0 Å². The Morgan fingerprint density at radius 3 is 2.85 bits per heavy atom. The zero-order valence-corrected chi connectivity index (χ0v) is 8.19. The Morgan fingerprint density at radius 1 is 1.62 bits per heavy atom. The molecule has 0 radical (unpaired) electrons. The van der Waals surface area contributed by atoms with Crippen LogP contribution >= 0.6 is 0 Å². The second-order valence-corrected chi connectivity index (χ2v) is 3.00. The minimum atomic E-state index is -0.198.